The zero-order valence-electron chi connectivity index (χ0n) is 18.2. The number of carbonyl (C=O) groups excluding carboxylic acids is 1. The van der Waals surface area contributed by atoms with Crippen molar-refractivity contribution < 1.29 is 18.3 Å². The summed E-state index contributed by atoms with van der Waals surface area (Å²) in [5, 5.41) is 0. The van der Waals surface area contributed by atoms with Gasteiger partial charge in [-0.05, 0) is 42.3 Å². The number of ketones is 1. The lowest BCUT2D eigenvalue weighted by atomic mass is 9.84. The number of Topliss-reactive ketones (excluding diaryl/α,β-unsaturated/α-hetero) is 1. The summed E-state index contributed by atoms with van der Waals surface area (Å²) in [5.41, 5.74) is 2.28. The summed E-state index contributed by atoms with van der Waals surface area (Å²) in [6.45, 7) is 5.67. The summed E-state index contributed by atoms with van der Waals surface area (Å²) in [5.74, 6) is -3.59. The molecule has 0 bridgehead atoms. The van der Waals surface area contributed by atoms with Crippen LogP contribution in [0.5, 0.6) is 5.88 Å². The normalized spacial score (nSPS) is 12.6. The number of allylic oxidation sites excluding steroid dienone is 5. The van der Waals surface area contributed by atoms with Crippen LogP contribution in [0.1, 0.15) is 39.9 Å². The molecule has 3 nitrogen and oxygen atoms in total. The van der Waals surface area contributed by atoms with Crippen LogP contribution in [0.3, 0.4) is 0 Å². The number of carbonyl (C=O) groups is 1. The molecule has 168 valence electrons. The smallest absolute Gasteiger partial charge is 0.217 e. The van der Waals surface area contributed by atoms with Gasteiger partial charge >= 0.3 is 0 Å². The van der Waals surface area contributed by atoms with Crippen molar-refractivity contribution in [1.29, 1.82) is 0 Å². The molecule has 3 aromatic rings. The topological polar surface area (TPSA) is 39.2 Å². The van der Waals surface area contributed by atoms with Crippen LogP contribution < -0.4 is 4.74 Å². The van der Waals surface area contributed by atoms with Crippen molar-refractivity contribution in [2.45, 2.75) is 12.8 Å². The average Bonchev–Trinajstić information content (AvgIpc) is 2.82. The van der Waals surface area contributed by atoms with Crippen molar-refractivity contribution in [3.63, 3.8) is 0 Å². The van der Waals surface area contributed by atoms with Gasteiger partial charge in [-0.3, -0.25) is 4.79 Å². The van der Waals surface area contributed by atoms with E-state index in [1.165, 1.54) is 19.2 Å². The number of nitrogens with zero attached hydrogens (tertiary/aromatic N) is 1. The molecule has 0 aliphatic carbocycles. The molecule has 1 heterocycles. The summed E-state index contributed by atoms with van der Waals surface area (Å²) < 4.78 is 34.7. The number of rotatable bonds is 8. The Morgan fingerprint density at radius 1 is 1.12 bits per heavy atom. The van der Waals surface area contributed by atoms with Crippen LogP contribution >= 0.6 is 15.9 Å². The van der Waals surface area contributed by atoms with Gasteiger partial charge in [0.25, 0.3) is 0 Å². The van der Waals surface area contributed by atoms with E-state index in [4.69, 9.17) is 4.74 Å². The summed E-state index contributed by atoms with van der Waals surface area (Å²) in [7, 11) is 1.45. The maximum Gasteiger partial charge on any atom is 0.217 e. The number of methoxy groups -OCH3 is 1. The fourth-order valence-corrected chi connectivity index (χ4v) is 3.64. The van der Waals surface area contributed by atoms with Gasteiger partial charge in [0.1, 0.15) is 0 Å². The lowest BCUT2D eigenvalue weighted by Crippen LogP contribution is -2.18. The first kappa shape index (κ1) is 24.3. The van der Waals surface area contributed by atoms with Gasteiger partial charge in [0, 0.05) is 21.8 Å². The Morgan fingerprint density at radius 3 is 2.48 bits per heavy atom. The Bertz CT molecular complexity index is 1240. The molecule has 0 aliphatic heterocycles. The van der Waals surface area contributed by atoms with Gasteiger partial charge in [0.05, 0.1) is 18.6 Å². The molecule has 33 heavy (non-hydrogen) atoms. The van der Waals surface area contributed by atoms with E-state index < -0.39 is 23.3 Å². The largest absolute Gasteiger partial charge is 0.481 e. The molecule has 0 saturated heterocycles. The molecule has 0 saturated carbocycles. The summed E-state index contributed by atoms with van der Waals surface area (Å²) in [4.78, 5) is 18.0. The summed E-state index contributed by atoms with van der Waals surface area (Å²) in [6.07, 6.45) is 7.18. The molecular formula is C27H22BrF2NO2. The van der Waals surface area contributed by atoms with E-state index in [2.05, 4.69) is 27.5 Å². The quantitative estimate of drug-likeness (QED) is 0.237. The Kier molecular flexibility index (Phi) is 8.06. The first-order chi connectivity index (χ1) is 15.9. The van der Waals surface area contributed by atoms with E-state index in [0.717, 1.165) is 17.2 Å². The molecule has 1 aromatic heterocycles. The number of ether oxygens (including phenoxy) is 1. The number of benzene rings is 2. The number of hydrogen-bond donors (Lipinski definition) is 0. The highest BCUT2D eigenvalue weighted by Crippen LogP contribution is 2.36. The minimum atomic E-state index is -1.18. The predicted octanol–water partition coefficient (Wildman–Crippen LogP) is 7.25. The Hall–Kier alpha value is -3.38. The molecule has 0 radical (unpaired) electrons. The first-order valence-electron chi connectivity index (χ1n) is 10.1. The number of halogens is 3. The van der Waals surface area contributed by atoms with E-state index in [1.54, 1.807) is 42.6 Å². The maximum atomic E-state index is 14.6. The minimum absolute atomic E-state index is 0.224. The van der Waals surface area contributed by atoms with Crippen molar-refractivity contribution in [3.8, 4) is 5.88 Å². The molecule has 0 amide bonds. The average molecular weight is 510 g/mol. The van der Waals surface area contributed by atoms with E-state index in [0.29, 0.717) is 15.6 Å². The van der Waals surface area contributed by atoms with Crippen molar-refractivity contribution in [3.05, 3.63) is 124 Å². The zero-order chi connectivity index (χ0) is 24.0. The highest BCUT2D eigenvalue weighted by Gasteiger charge is 2.30. The van der Waals surface area contributed by atoms with E-state index in [1.807, 2.05) is 25.1 Å². The fourth-order valence-electron chi connectivity index (χ4n) is 3.51. The standard InChI is InChI=1S/C27H22BrF2NO2/c1-4-18(14-13-17(2)28)20-15-22(27(33-3)31-16-20)24(19-9-6-5-7-10-19)26(32)21-11-8-12-23(29)25(21)30/h4-16,24H,2H2,1,3H3/b14-13-,18-4+. The van der Waals surface area contributed by atoms with Crippen molar-refractivity contribution in [2.24, 2.45) is 0 Å². The second kappa shape index (κ2) is 11.0. The Labute approximate surface area is 200 Å². The molecule has 6 heteroatoms. The minimum Gasteiger partial charge on any atom is -0.481 e. The monoisotopic (exact) mass is 509 g/mol. The third kappa shape index (κ3) is 5.52. The van der Waals surface area contributed by atoms with Crippen LogP contribution in [-0.4, -0.2) is 17.9 Å². The van der Waals surface area contributed by atoms with Crippen LogP contribution in [0.15, 0.2) is 90.1 Å². The Morgan fingerprint density at radius 2 is 1.85 bits per heavy atom. The second-order valence-corrected chi connectivity index (χ2v) is 8.17. The number of pyridine rings is 1. The second-order valence-electron chi connectivity index (χ2n) is 7.16. The van der Waals surface area contributed by atoms with Crippen LogP contribution in [0.2, 0.25) is 0 Å². The van der Waals surface area contributed by atoms with Gasteiger partial charge in [0.15, 0.2) is 17.4 Å². The van der Waals surface area contributed by atoms with Gasteiger partial charge < -0.3 is 4.74 Å². The maximum absolute atomic E-state index is 14.6. The van der Waals surface area contributed by atoms with E-state index >= 15 is 0 Å². The third-order valence-electron chi connectivity index (χ3n) is 5.08. The highest BCUT2D eigenvalue weighted by molar-refractivity contribution is 9.11. The van der Waals surface area contributed by atoms with Crippen molar-refractivity contribution in [1.82, 2.24) is 4.98 Å². The predicted molar refractivity (Wildman–Crippen MR) is 131 cm³/mol. The fraction of sp³-hybridized carbons (Fsp3) is 0.111. The summed E-state index contributed by atoms with van der Waals surface area (Å²) in [6, 6.07) is 14.3. The van der Waals surface area contributed by atoms with Gasteiger partial charge in [-0.25, -0.2) is 13.8 Å². The van der Waals surface area contributed by atoms with E-state index in [-0.39, 0.29) is 11.4 Å². The first-order valence-corrected chi connectivity index (χ1v) is 10.9. The number of aromatic nitrogens is 1. The van der Waals surface area contributed by atoms with Crippen LogP contribution in [0.25, 0.3) is 5.57 Å². The number of hydrogen-bond acceptors (Lipinski definition) is 3. The molecule has 1 unspecified atom stereocenters. The van der Waals surface area contributed by atoms with Crippen LogP contribution in [0.4, 0.5) is 8.78 Å². The Balaban J connectivity index is 2.23. The SMILES string of the molecule is C=C(Br)/C=C\C(=C/C)c1cnc(OC)c(C(C(=O)c2cccc(F)c2F)c2ccccc2)c1. The molecule has 0 fully saturated rings. The molecule has 3 rings (SSSR count). The van der Waals surface area contributed by atoms with Gasteiger partial charge in [-0.1, -0.05) is 71.1 Å². The molecule has 2 aromatic carbocycles. The van der Waals surface area contributed by atoms with Gasteiger partial charge in [-0.2, -0.15) is 0 Å². The van der Waals surface area contributed by atoms with Gasteiger partial charge in [0.2, 0.25) is 5.88 Å². The lowest BCUT2D eigenvalue weighted by Gasteiger charge is -2.20. The molecule has 0 aliphatic rings. The molecule has 0 N–H and O–H groups in total. The van der Waals surface area contributed by atoms with Crippen molar-refractivity contribution in [2.75, 3.05) is 7.11 Å². The zero-order valence-corrected chi connectivity index (χ0v) is 19.8. The molecular weight excluding hydrogens is 488 g/mol. The van der Waals surface area contributed by atoms with Crippen molar-refractivity contribution >= 4 is 27.3 Å². The van der Waals surface area contributed by atoms with Crippen LogP contribution in [0, 0.1) is 11.6 Å². The lowest BCUT2D eigenvalue weighted by molar-refractivity contribution is 0.0967. The van der Waals surface area contributed by atoms with E-state index in [9.17, 15) is 13.6 Å². The molecule has 1 atom stereocenters. The van der Waals surface area contributed by atoms with Crippen LogP contribution in [-0.2, 0) is 0 Å². The van der Waals surface area contributed by atoms with Gasteiger partial charge in [-0.15, -0.1) is 0 Å². The third-order valence-corrected chi connectivity index (χ3v) is 5.35. The molecule has 0 spiro atoms. The summed E-state index contributed by atoms with van der Waals surface area (Å²) >= 11 is 3.30. The highest BCUT2D eigenvalue weighted by atomic mass is 79.9.